The average Bonchev–Trinajstić information content (AvgIpc) is 2.96. The molecule has 0 bridgehead atoms. The van der Waals surface area contributed by atoms with Crippen molar-refractivity contribution in [1.29, 1.82) is 0 Å². The maximum absolute atomic E-state index is 12.2. The summed E-state index contributed by atoms with van der Waals surface area (Å²) in [5.41, 5.74) is 1.25. The van der Waals surface area contributed by atoms with Gasteiger partial charge in [-0.15, -0.1) is 6.58 Å². The van der Waals surface area contributed by atoms with E-state index in [9.17, 15) is 4.79 Å². The van der Waals surface area contributed by atoms with Gasteiger partial charge in [0.15, 0.2) is 0 Å². The summed E-state index contributed by atoms with van der Waals surface area (Å²) in [6.07, 6.45) is 4.93. The number of ether oxygens (including phenoxy) is 1. The second-order valence-corrected chi connectivity index (χ2v) is 5.71. The molecule has 0 saturated carbocycles. The number of hydrogen-bond acceptors (Lipinski definition) is 3. The summed E-state index contributed by atoms with van der Waals surface area (Å²) in [5, 5.41) is 0. The van der Waals surface area contributed by atoms with E-state index in [-0.39, 0.29) is 18.1 Å². The number of nitrogens with zero attached hydrogens (tertiary/aromatic N) is 1. The molecule has 1 aromatic carbocycles. The van der Waals surface area contributed by atoms with Gasteiger partial charge in [0.25, 0.3) is 0 Å². The highest BCUT2D eigenvalue weighted by molar-refractivity contribution is 5.76. The van der Waals surface area contributed by atoms with Gasteiger partial charge in [-0.3, -0.25) is 9.69 Å². The monoisotopic (exact) mass is 287 g/mol. The minimum Gasteiger partial charge on any atom is -0.468 e. The summed E-state index contributed by atoms with van der Waals surface area (Å²) in [6.45, 7) is 6.89. The molecule has 0 amide bonds. The van der Waals surface area contributed by atoms with Crippen molar-refractivity contribution >= 4 is 5.97 Å². The van der Waals surface area contributed by atoms with E-state index in [2.05, 4.69) is 30.5 Å². The maximum Gasteiger partial charge on any atom is 0.323 e. The zero-order chi connectivity index (χ0) is 15.2. The van der Waals surface area contributed by atoms with E-state index in [4.69, 9.17) is 4.74 Å². The van der Waals surface area contributed by atoms with Crippen molar-refractivity contribution in [2.45, 2.75) is 38.3 Å². The number of rotatable bonds is 6. The third-order valence-electron chi connectivity index (χ3n) is 4.53. The summed E-state index contributed by atoms with van der Waals surface area (Å²) in [7, 11) is 1.48. The van der Waals surface area contributed by atoms with Crippen LogP contribution in [-0.2, 0) is 9.53 Å². The molecule has 1 unspecified atom stereocenters. The zero-order valence-electron chi connectivity index (χ0n) is 13.0. The minimum absolute atomic E-state index is 0.107. The van der Waals surface area contributed by atoms with E-state index in [1.807, 2.05) is 24.3 Å². The predicted molar refractivity (Wildman–Crippen MR) is 84.9 cm³/mol. The number of carbonyl (C=O) groups excluding carboxylic acids is 1. The third kappa shape index (κ3) is 3.53. The van der Waals surface area contributed by atoms with Crippen LogP contribution in [0.2, 0.25) is 0 Å². The first kappa shape index (κ1) is 15.8. The molecule has 0 N–H and O–H groups in total. The molecular formula is C18H25NO2. The third-order valence-corrected chi connectivity index (χ3v) is 4.53. The Kier molecular flexibility index (Phi) is 5.57. The number of esters is 1. The Morgan fingerprint density at radius 3 is 2.81 bits per heavy atom. The average molecular weight is 287 g/mol. The lowest BCUT2D eigenvalue weighted by Crippen LogP contribution is -2.41. The fourth-order valence-electron chi connectivity index (χ4n) is 3.32. The Morgan fingerprint density at radius 2 is 2.19 bits per heavy atom. The highest BCUT2D eigenvalue weighted by atomic mass is 16.5. The van der Waals surface area contributed by atoms with Gasteiger partial charge in [-0.2, -0.15) is 0 Å². The van der Waals surface area contributed by atoms with Crippen LogP contribution in [0.4, 0.5) is 0 Å². The molecule has 1 aliphatic rings. The quantitative estimate of drug-likeness (QED) is 0.591. The van der Waals surface area contributed by atoms with Gasteiger partial charge in [0.2, 0.25) is 0 Å². The number of hydrogen-bond donors (Lipinski definition) is 0. The Bertz CT molecular complexity index is 471. The second-order valence-electron chi connectivity index (χ2n) is 5.71. The Hall–Kier alpha value is -1.61. The summed E-state index contributed by atoms with van der Waals surface area (Å²) in [5.74, 6) is 0.256. The van der Waals surface area contributed by atoms with Crippen LogP contribution in [0.3, 0.4) is 0 Å². The Morgan fingerprint density at radius 1 is 1.48 bits per heavy atom. The lowest BCUT2D eigenvalue weighted by Gasteiger charge is -2.31. The summed E-state index contributed by atoms with van der Waals surface area (Å²) >= 11 is 0. The molecule has 2 rings (SSSR count). The molecular weight excluding hydrogens is 262 g/mol. The number of allylic oxidation sites excluding steroid dienone is 1. The van der Waals surface area contributed by atoms with Crippen molar-refractivity contribution in [2.24, 2.45) is 5.92 Å². The van der Waals surface area contributed by atoms with E-state index in [0.717, 1.165) is 25.8 Å². The molecule has 1 saturated heterocycles. The first-order valence-corrected chi connectivity index (χ1v) is 7.68. The highest BCUT2D eigenvalue weighted by Crippen LogP contribution is 2.35. The van der Waals surface area contributed by atoms with E-state index in [1.54, 1.807) is 0 Å². The van der Waals surface area contributed by atoms with Gasteiger partial charge in [0.1, 0.15) is 6.04 Å². The second kappa shape index (κ2) is 7.41. The molecule has 3 atom stereocenters. The summed E-state index contributed by atoms with van der Waals surface area (Å²) < 4.78 is 5.05. The molecule has 1 aromatic rings. The lowest BCUT2D eigenvalue weighted by molar-refractivity contribution is -0.148. The van der Waals surface area contributed by atoms with Crippen LogP contribution in [0, 0.1) is 5.92 Å². The van der Waals surface area contributed by atoms with Crippen molar-refractivity contribution in [1.82, 2.24) is 4.90 Å². The van der Waals surface area contributed by atoms with Crippen LogP contribution in [0.5, 0.6) is 0 Å². The van der Waals surface area contributed by atoms with Crippen LogP contribution >= 0.6 is 0 Å². The first-order chi connectivity index (χ1) is 10.2. The van der Waals surface area contributed by atoms with Gasteiger partial charge in [-0.25, -0.2) is 0 Å². The van der Waals surface area contributed by atoms with Crippen molar-refractivity contribution in [3.8, 4) is 0 Å². The fourth-order valence-corrected chi connectivity index (χ4v) is 3.32. The number of carbonyl (C=O) groups is 1. The fraction of sp³-hybridized carbons (Fsp3) is 0.500. The molecule has 0 radical (unpaired) electrons. The number of benzene rings is 1. The lowest BCUT2D eigenvalue weighted by atomic mass is 9.94. The van der Waals surface area contributed by atoms with Gasteiger partial charge < -0.3 is 4.74 Å². The van der Waals surface area contributed by atoms with Gasteiger partial charge in [0, 0.05) is 6.04 Å². The standard InChI is InChI=1S/C18H25NO2/c1-4-5-9-16-12-13-19(17(16)18(20)21-3)14(2)15-10-7-6-8-11-15/h4,6-8,10-11,14,16-17H,1,5,9,12-13H2,2-3H3/t14-,16?,17-/m0/s1. The molecule has 21 heavy (non-hydrogen) atoms. The molecule has 1 fully saturated rings. The molecule has 114 valence electrons. The predicted octanol–water partition coefficient (Wildman–Crippen LogP) is 3.58. The van der Waals surface area contributed by atoms with Crippen LogP contribution in [0.15, 0.2) is 43.0 Å². The zero-order valence-corrected chi connectivity index (χ0v) is 13.0. The van der Waals surface area contributed by atoms with Crippen LogP contribution in [0.1, 0.15) is 37.8 Å². The first-order valence-electron chi connectivity index (χ1n) is 7.68. The molecule has 1 aliphatic heterocycles. The largest absolute Gasteiger partial charge is 0.468 e. The Labute approximate surface area is 127 Å². The van der Waals surface area contributed by atoms with Crippen molar-refractivity contribution in [3.05, 3.63) is 48.6 Å². The molecule has 3 heteroatoms. The van der Waals surface area contributed by atoms with Crippen molar-refractivity contribution < 1.29 is 9.53 Å². The molecule has 1 heterocycles. The van der Waals surface area contributed by atoms with Crippen LogP contribution < -0.4 is 0 Å². The summed E-state index contributed by atoms with van der Waals surface area (Å²) in [6, 6.07) is 10.4. The summed E-state index contributed by atoms with van der Waals surface area (Å²) in [4.78, 5) is 14.5. The van der Waals surface area contributed by atoms with E-state index < -0.39 is 0 Å². The van der Waals surface area contributed by atoms with Gasteiger partial charge >= 0.3 is 5.97 Å². The molecule has 0 aliphatic carbocycles. The maximum atomic E-state index is 12.2. The number of methoxy groups -OCH3 is 1. The highest BCUT2D eigenvalue weighted by Gasteiger charge is 2.41. The molecule has 3 nitrogen and oxygen atoms in total. The molecule has 0 spiro atoms. The Balaban J connectivity index is 2.17. The van der Waals surface area contributed by atoms with Gasteiger partial charge in [-0.1, -0.05) is 36.4 Å². The van der Waals surface area contributed by atoms with Crippen molar-refractivity contribution in [2.75, 3.05) is 13.7 Å². The molecule has 0 aromatic heterocycles. The van der Waals surface area contributed by atoms with Crippen LogP contribution in [0.25, 0.3) is 0 Å². The van der Waals surface area contributed by atoms with Crippen LogP contribution in [-0.4, -0.2) is 30.6 Å². The number of likely N-dealkylation sites (tertiary alicyclic amines) is 1. The van der Waals surface area contributed by atoms with E-state index in [0.29, 0.717) is 5.92 Å². The smallest absolute Gasteiger partial charge is 0.323 e. The van der Waals surface area contributed by atoms with Gasteiger partial charge in [0.05, 0.1) is 7.11 Å². The van der Waals surface area contributed by atoms with Crippen molar-refractivity contribution in [3.63, 3.8) is 0 Å². The minimum atomic E-state index is -0.134. The SMILES string of the molecule is C=CCCC1CCN([C@@H](C)c2ccccc2)[C@@H]1C(=O)OC. The van der Waals surface area contributed by atoms with E-state index >= 15 is 0 Å². The van der Waals surface area contributed by atoms with E-state index in [1.165, 1.54) is 12.7 Å². The topological polar surface area (TPSA) is 29.5 Å². The normalized spacial score (nSPS) is 23.7. The van der Waals surface area contributed by atoms with Gasteiger partial charge in [-0.05, 0) is 44.2 Å².